The zero-order valence-electron chi connectivity index (χ0n) is 16.5. The summed E-state index contributed by atoms with van der Waals surface area (Å²) in [5.74, 6) is 1.08. The quantitative estimate of drug-likeness (QED) is 0.612. The zero-order chi connectivity index (χ0) is 20.4. The maximum absolute atomic E-state index is 12.1. The van der Waals surface area contributed by atoms with E-state index in [1.54, 1.807) is 43.3 Å². The highest BCUT2D eigenvalue weighted by atomic mass is 16.5. The van der Waals surface area contributed by atoms with Gasteiger partial charge in [0, 0.05) is 11.8 Å². The second-order valence-corrected chi connectivity index (χ2v) is 6.47. The first-order valence-corrected chi connectivity index (χ1v) is 9.05. The monoisotopic (exact) mass is 385 g/mol. The van der Waals surface area contributed by atoms with Crippen molar-refractivity contribution in [1.29, 1.82) is 0 Å². The van der Waals surface area contributed by atoms with Gasteiger partial charge in [-0.25, -0.2) is 0 Å². The van der Waals surface area contributed by atoms with Crippen LogP contribution in [0.5, 0.6) is 11.5 Å². The Hall–Kier alpha value is -3.06. The number of amides is 2. The predicted molar refractivity (Wildman–Crippen MR) is 109 cm³/mol. The van der Waals surface area contributed by atoms with Crippen LogP contribution in [0.4, 0.5) is 5.69 Å². The van der Waals surface area contributed by atoms with Crippen molar-refractivity contribution in [2.75, 3.05) is 45.7 Å². The number of ether oxygens (including phenoxy) is 2. The van der Waals surface area contributed by atoms with E-state index in [0.717, 1.165) is 11.3 Å². The number of hydrogen-bond donors (Lipinski definition) is 2. The summed E-state index contributed by atoms with van der Waals surface area (Å²) in [5.41, 5.74) is 1.77. The summed E-state index contributed by atoms with van der Waals surface area (Å²) in [4.78, 5) is 25.7. The fraction of sp³-hybridized carbons (Fsp3) is 0.333. The van der Waals surface area contributed by atoms with Crippen LogP contribution in [-0.2, 0) is 9.59 Å². The number of aryl methyl sites for hydroxylation is 1. The standard InChI is InChI=1S/C21H27N3O4/c1-16-6-4-9-19(12-16)28-11-10-22-20(25)14-24(2)15-21(26)23-17-7-5-8-18(13-17)27-3/h4-9,12-13H,10-11,14-15H2,1-3H3,(H,22,25)(H,23,26). The number of benzene rings is 2. The molecular weight excluding hydrogens is 358 g/mol. The van der Waals surface area contributed by atoms with Crippen molar-refractivity contribution in [3.63, 3.8) is 0 Å². The number of carbonyl (C=O) groups excluding carboxylic acids is 2. The Morgan fingerprint density at radius 2 is 1.71 bits per heavy atom. The molecule has 0 atom stereocenters. The number of rotatable bonds is 10. The van der Waals surface area contributed by atoms with Crippen LogP contribution in [0, 0.1) is 6.92 Å². The Bertz CT molecular complexity index is 795. The summed E-state index contributed by atoms with van der Waals surface area (Å²) < 4.78 is 10.7. The van der Waals surface area contributed by atoms with Crippen LogP contribution < -0.4 is 20.1 Å². The molecule has 7 nitrogen and oxygen atoms in total. The molecule has 7 heteroatoms. The summed E-state index contributed by atoms with van der Waals surface area (Å²) in [6, 6.07) is 14.9. The van der Waals surface area contributed by atoms with E-state index in [1.807, 2.05) is 31.2 Å². The van der Waals surface area contributed by atoms with E-state index >= 15 is 0 Å². The molecule has 0 unspecified atom stereocenters. The summed E-state index contributed by atoms with van der Waals surface area (Å²) in [6.07, 6.45) is 0. The van der Waals surface area contributed by atoms with Gasteiger partial charge in [0.1, 0.15) is 18.1 Å². The SMILES string of the molecule is COc1cccc(NC(=O)CN(C)CC(=O)NCCOc2cccc(C)c2)c1. The molecule has 0 saturated carbocycles. The Labute approximate surface area is 165 Å². The normalized spacial score (nSPS) is 10.4. The third-order valence-corrected chi connectivity index (χ3v) is 3.86. The Morgan fingerprint density at radius 1 is 1.00 bits per heavy atom. The van der Waals surface area contributed by atoms with E-state index in [-0.39, 0.29) is 24.9 Å². The molecule has 0 aliphatic rings. The number of carbonyl (C=O) groups is 2. The number of likely N-dealkylation sites (N-methyl/N-ethyl adjacent to an activating group) is 1. The van der Waals surface area contributed by atoms with Gasteiger partial charge in [0.25, 0.3) is 0 Å². The molecule has 0 saturated heterocycles. The van der Waals surface area contributed by atoms with Gasteiger partial charge in [-0.2, -0.15) is 0 Å². The van der Waals surface area contributed by atoms with Gasteiger partial charge in [-0.05, 0) is 43.8 Å². The van der Waals surface area contributed by atoms with Gasteiger partial charge in [0.15, 0.2) is 0 Å². The Kier molecular flexibility index (Phi) is 8.30. The lowest BCUT2D eigenvalue weighted by Crippen LogP contribution is -2.40. The van der Waals surface area contributed by atoms with Gasteiger partial charge in [0.05, 0.1) is 26.7 Å². The second-order valence-electron chi connectivity index (χ2n) is 6.47. The minimum absolute atomic E-state index is 0.102. The largest absolute Gasteiger partial charge is 0.497 e. The third-order valence-electron chi connectivity index (χ3n) is 3.86. The smallest absolute Gasteiger partial charge is 0.238 e. The van der Waals surface area contributed by atoms with Crippen LogP contribution in [-0.4, -0.2) is 57.1 Å². The molecule has 0 aromatic heterocycles. The first-order chi connectivity index (χ1) is 13.5. The van der Waals surface area contributed by atoms with Crippen LogP contribution in [0.15, 0.2) is 48.5 Å². The highest BCUT2D eigenvalue weighted by molar-refractivity contribution is 5.92. The molecule has 0 aliphatic heterocycles. The number of anilines is 1. The maximum atomic E-state index is 12.1. The summed E-state index contributed by atoms with van der Waals surface area (Å²) in [5, 5.41) is 5.57. The van der Waals surface area contributed by atoms with Gasteiger partial charge >= 0.3 is 0 Å². The van der Waals surface area contributed by atoms with Gasteiger partial charge in [0.2, 0.25) is 11.8 Å². The maximum Gasteiger partial charge on any atom is 0.238 e. The van der Waals surface area contributed by atoms with Crippen molar-refractivity contribution < 1.29 is 19.1 Å². The second kappa shape index (κ2) is 10.9. The van der Waals surface area contributed by atoms with Gasteiger partial charge in [-0.15, -0.1) is 0 Å². The Balaban J connectivity index is 1.65. The van der Waals surface area contributed by atoms with Crippen molar-refractivity contribution in [3.05, 3.63) is 54.1 Å². The molecule has 0 radical (unpaired) electrons. The lowest BCUT2D eigenvalue weighted by atomic mass is 10.2. The lowest BCUT2D eigenvalue weighted by molar-refractivity contribution is -0.123. The molecule has 0 spiro atoms. The van der Waals surface area contributed by atoms with E-state index in [4.69, 9.17) is 9.47 Å². The van der Waals surface area contributed by atoms with Crippen LogP contribution in [0.3, 0.4) is 0 Å². The molecule has 28 heavy (non-hydrogen) atoms. The van der Waals surface area contributed by atoms with Crippen molar-refractivity contribution in [1.82, 2.24) is 10.2 Å². The molecule has 2 amide bonds. The molecule has 0 heterocycles. The molecule has 0 aliphatic carbocycles. The Morgan fingerprint density at radius 3 is 2.46 bits per heavy atom. The van der Waals surface area contributed by atoms with Crippen molar-refractivity contribution >= 4 is 17.5 Å². The summed E-state index contributed by atoms with van der Waals surface area (Å²) in [7, 11) is 3.28. The number of nitrogens with zero attached hydrogens (tertiary/aromatic N) is 1. The minimum Gasteiger partial charge on any atom is -0.497 e. The molecular formula is C21H27N3O4. The topological polar surface area (TPSA) is 79.9 Å². The third kappa shape index (κ3) is 7.67. The first kappa shape index (κ1) is 21.2. The van der Waals surface area contributed by atoms with Crippen molar-refractivity contribution in [3.8, 4) is 11.5 Å². The number of nitrogens with one attached hydrogen (secondary N) is 2. The van der Waals surface area contributed by atoms with E-state index in [2.05, 4.69) is 10.6 Å². The van der Waals surface area contributed by atoms with E-state index in [1.165, 1.54) is 0 Å². The van der Waals surface area contributed by atoms with Gasteiger partial charge < -0.3 is 20.1 Å². The molecule has 2 aromatic carbocycles. The van der Waals surface area contributed by atoms with E-state index in [0.29, 0.717) is 24.6 Å². The highest BCUT2D eigenvalue weighted by Gasteiger charge is 2.11. The van der Waals surface area contributed by atoms with E-state index < -0.39 is 0 Å². The number of methoxy groups -OCH3 is 1. The molecule has 2 N–H and O–H groups in total. The lowest BCUT2D eigenvalue weighted by Gasteiger charge is -2.16. The molecule has 150 valence electrons. The fourth-order valence-corrected chi connectivity index (χ4v) is 2.57. The molecule has 2 rings (SSSR count). The van der Waals surface area contributed by atoms with Crippen LogP contribution >= 0.6 is 0 Å². The highest BCUT2D eigenvalue weighted by Crippen LogP contribution is 2.16. The van der Waals surface area contributed by atoms with Crippen LogP contribution in [0.25, 0.3) is 0 Å². The first-order valence-electron chi connectivity index (χ1n) is 9.05. The van der Waals surface area contributed by atoms with Gasteiger partial charge in [-0.3, -0.25) is 14.5 Å². The summed E-state index contributed by atoms with van der Waals surface area (Å²) in [6.45, 7) is 3.00. The molecule has 0 fully saturated rings. The minimum atomic E-state index is -0.202. The zero-order valence-corrected chi connectivity index (χ0v) is 16.5. The average molecular weight is 385 g/mol. The van der Waals surface area contributed by atoms with Gasteiger partial charge in [-0.1, -0.05) is 18.2 Å². The molecule has 0 bridgehead atoms. The van der Waals surface area contributed by atoms with Crippen LogP contribution in [0.1, 0.15) is 5.56 Å². The van der Waals surface area contributed by atoms with Crippen molar-refractivity contribution in [2.24, 2.45) is 0 Å². The number of hydrogen-bond acceptors (Lipinski definition) is 5. The van der Waals surface area contributed by atoms with E-state index in [9.17, 15) is 9.59 Å². The van der Waals surface area contributed by atoms with Crippen molar-refractivity contribution in [2.45, 2.75) is 6.92 Å². The summed E-state index contributed by atoms with van der Waals surface area (Å²) >= 11 is 0. The predicted octanol–water partition coefficient (Wildman–Crippen LogP) is 2.07. The molecule has 2 aromatic rings. The fourth-order valence-electron chi connectivity index (χ4n) is 2.57. The van der Waals surface area contributed by atoms with Crippen LogP contribution in [0.2, 0.25) is 0 Å². The average Bonchev–Trinajstić information content (AvgIpc) is 2.65.